The zero-order valence-electron chi connectivity index (χ0n) is 16.4. The van der Waals surface area contributed by atoms with Crippen molar-refractivity contribution in [3.63, 3.8) is 0 Å². The van der Waals surface area contributed by atoms with Gasteiger partial charge in [-0.2, -0.15) is 4.98 Å². The summed E-state index contributed by atoms with van der Waals surface area (Å²) in [6, 6.07) is 7.90. The van der Waals surface area contributed by atoms with Crippen molar-refractivity contribution in [2.75, 3.05) is 20.8 Å². The van der Waals surface area contributed by atoms with Crippen LogP contribution in [-0.2, 0) is 0 Å². The summed E-state index contributed by atoms with van der Waals surface area (Å²) in [5, 5.41) is 4.02. The molecule has 2 aromatic carbocycles. The van der Waals surface area contributed by atoms with Gasteiger partial charge in [-0.15, -0.1) is 0 Å². The SMILES string of the molecule is COc1ccc(-c2noc([C@@H]3CCCN3C(=O)c3ccc(F)c(F)c3)n2)cc1OC. The lowest BCUT2D eigenvalue weighted by molar-refractivity contribution is 0.0709. The minimum Gasteiger partial charge on any atom is -0.493 e. The molecule has 0 N–H and O–H groups in total. The number of hydrogen-bond donors (Lipinski definition) is 0. The highest BCUT2D eigenvalue weighted by Crippen LogP contribution is 2.35. The van der Waals surface area contributed by atoms with Gasteiger partial charge in [0.15, 0.2) is 23.1 Å². The summed E-state index contributed by atoms with van der Waals surface area (Å²) in [5.74, 6) is -0.749. The standard InChI is InChI=1S/C21H19F2N3O4/c1-28-17-8-6-12(11-18(17)29-2)19-24-20(30-25-19)16-4-3-9-26(16)21(27)13-5-7-14(22)15(23)10-13/h5-8,10-11,16H,3-4,9H2,1-2H3/t16-/m0/s1. The molecule has 0 saturated carbocycles. The highest BCUT2D eigenvalue weighted by molar-refractivity contribution is 5.94. The van der Waals surface area contributed by atoms with Crippen LogP contribution in [0.5, 0.6) is 11.5 Å². The van der Waals surface area contributed by atoms with Crippen molar-refractivity contribution in [2.24, 2.45) is 0 Å². The van der Waals surface area contributed by atoms with E-state index in [9.17, 15) is 13.6 Å². The normalized spacial score (nSPS) is 16.0. The number of nitrogens with zero attached hydrogens (tertiary/aromatic N) is 3. The topological polar surface area (TPSA) is 77.7 Å². The molecule has 1 aliphatic rings. The Morgan fingerprint density at radius 2 is 1.90 bits per heavy atom. The number of carbonyl (C=O) groups excluding carboxylic acids is 1. The largest absolute Gasteiger partial charge is 0.493 e. The molecule has 7 nitrogen and oxygen atoms in total. The molecule has 0 bridgehead atoms. The van der Waals surface area contributed by atoms with Gasteiger partial charge >= 0.3 is 0 Å². The van der Waals surface area contributed by atoms with Crippen LogP contribution in [0, 0.1) is 11.6 Å². The molecule has 4 rings (SSSR count). The van der Waals surface area contributed by atoms with Gasteiger partial charge in [0.25, 0.3) is 5.91 Å². The third kappa shape index (κ3) is 3.58. The Morgan fingerprint density at radius 1 is 1.10 bits per heavy atom. The first kappa shape index (κ1) is 19.8. The summed E-state index contributed by atoms with van der Waals surface area (Å²) in [7, 11) is 3.08. The molecule has 30 heavy (non-hydrogen) atoms. The predicted molar refractivity (Wildman–Crippen MR) is 102 cm³/mol. The quantitative estimate of drug-likeness (QED) is 0.627. The Bertz CT molecular complexity index is 1090. The van der Waals surface area contributed by atoms with Gasteiger partial charge in [-0.05, 0) is 49.2 Å². The lowest BCUT2D eigenvalue weighted by Crippen LogP contribution is -2.30. The molecule has 9 heteroatoms. The molecule has 1 atom stereocenters. The van der Waals surface area contributed by atoms with Gasteiger partial charge in [0.05, 0.1) is 14.2 Å². The van der Waals surface area contributed by atoms with Crippen LogP contribution in [0.1, 0.15) is 35.1 Å². The maximum absolute atomic E-state index is 13.5. The maximum atomic E-state index is 13.5. The van der Waals surface area contributed by atoms with Crippen LogP contribution in [0.15, 0.2) is 40.9 Å². The number of benzene rings is 2. The number of hydrogen-bond acceptors (Lipinski definition) is 6. The van der Waals surface area contributed by atoms with Gasteiger partial charge in [-0.1, -0.05) is 5.16 Å². The van der Waals surface area contributed by atoms with Crippen LogP contribution in [-0.4, -0.2) is 41.7 Å². The van der Waals surface area contributed by atoms with Gasteiger partial charge in [0.2, 0.25) is 11.7 Å². The van der Waals surface area contributed by atoms with Gasteiger partial charge in [-0.25, -0.2) is 8.78 Å². The summed E-state index contributed by atoms with van der Waals surface area (Å²) >= 11 is 0. The van der Waals surface area contributed by atoms with Crippen molar-refractivity contribution in [3.8, 4) is 22.9 Å². The predicted octanol–water partition coefficient (Wildman–Crippen LogP) is 4.01. The van der Waals surface area contributed by atoms with E-state index in [1.165, 1.54) is 13.2 Å². The minimum absolute atomic E-state index is 0.0698. The first-order valence-electron chi connectivity index (χ1n) is 9.34. The van der Waals surface area contributed by atoms with Crippen molar-refractivity contribution in [3.05, 3.63) is 59.5 Å². The van der Waals surface area contributed by atoms with Gasteiger partial charge in [0.1, 0.15) is 6.04 Å². The Labute approximate surface area is 171 Å². The summed E-state index contributed by atoms with van der Waals surface area (Å²) in [4.78, 5) is 18.8. The van der Waals surface area contributed by atoms with E-state index in [-0.39, 0.29) is 11.5 Å². The number of rotatable bonds is 5. The molecular formula is C21H19F2N3O4. The number of methoxy groups -OCH3 is 2. The molecule has 3 aromatic rings. The van der Waals surface area contributed by atoms with Crippen molar-refractivity contribution >= 4 is 5.91 Å². The molecule has 0 aliphatic carbocycles. The lowest BCUT2D eigenvalue weighted by Gasteiger charge is -2.21. The molecule has 1 aromatic heterocycles. The summed E-state index contributed by atoms with van der Waals surface area (Å²) < 4.78 is 42.7. The smallest absolute Gasteiger partial charge is 0.254 e. The number of likely N-dealkylation sites (tertiary alicyclic amines) is 1. The number of halogens is 2. The Hall–Kier alpha value is -3.49. The van der Waals surface area contributed by atoms with Crippen LogP contribution in [0.25, 0.3) is 11.4 Å². The van der Waals surface area contributed by atoms with Gasteiger partial charge in [0, 0.05) is 17.7 Å². The van der Waals surface area contributed by atoms with E-state index in [0.29, 0.717) is 35.9 Å². The minimum atomic E-state index is -1.06. The average molecular weight is 415 g/mol. The average Bonchev–Trinajstić information content (AvgIpc) is 3.44. The Morgan fingerprint density at radius 3 is 2.63 bits per heavy atom. The molecule has 2 heterocycles. The second-order valence-corrected chi connectivity index (χ2v) is 6.81. The van der Waals surface area contributed by atoms with Crippen molar-refractivity contribution in [2.45, 2.75) is 18.9 Å². The lowest BCUT2D eigenvalue weighted by atomic mass is 10.1. The van der Waals surface area contributed by atoms with E-state index >= 15 is 0 Å². The number of aromatic nitrogens is 2. The van der Waals surface area contributed by atoms with Crippen molar-refractivity contribution in [1.29, 1.82) is 0 Å². The molecule has 0 spiro atoms. The van der Waals surface area contributed by atoms with E-state index in [0.717, 1.165) is 18.6 Å². The monoisotopic (exact) mass is 415 g/mol. The van der Waals surface area contributed by atoms with Gasteiger partial charge in [-0.3, -0.25) is 4.79 Å². The van der Waals surface area contributed by atoms with Crippen LogP contribution < -0.4 is 9.47 Å². The Balaban J connectivity index is 1.59. The first-order valence-corrected chi connectivity index (χ1v) is 9.34. The molecule has 1 aliphatic heterocycles. The van der Waals surface area contributed by atoms with Crippen LogP contribution >= 0.6 is 0 Å². The molecular weight excluding hydrogens is 396 g/mol. The molecule has 0 radical (unpaired) electrons. The fourth-order valence-electron chi connectivity index (χ4n) is 3.52. The summed E-state index contributed by atoms with van der Waals surface area (Å²) in [6.45, 7) is 0.455. The van der Waals surface area contributed by atoms with Crippen LogP contribution in [0.2, 0.25) is 0 Å². The second kappa shape index (κ2) is 8.10. The molecule has 1 fully saturated rings. The fourth-order valence-corrected chi connectivity index (χ4v) is 3.52. The highest BCUT2D eigenvalue weighted by Gasteiger charge is 2.35. The van der Waals surface area contributed by atoms with Crippen molar-refractivity contribution < 1.29 is 27.6 Å². The van der Waals surface area contributed by atoms with Crippen molar-refractivity contribution in [1.82, 2.24) is 15.0 Å². The van der Waals surface area contributed by atoms with E-state index in [1.54, 1.807) is 30.2 Å². The van der Waals surface area contributed by atoms with E-state index in [4.69, 9.17) is 14.0 Å². The molecule has 0 unspecified atom stereocenters. The van der Waals surface area contributed by atoms with E-state index < -0.39 is 23.6 Å². The van der Waals surface area contributed by atoms with Gasteiger partial charge < -0.3 is 18.9 Å². The Kier molecular flexibility index (Phi) is 5.35. The summed E-state index contributed by atoms with van der Waals surface area (Å²) in [5.41, 5.74) is 0.736. The zero-order valence-corrected chi connectivity index (χ0v) is 16.4. The molecule has 1 amide bonds. The third-order valence-electron chi connectivity index (χ3n) is 5.05. The number of carbonyl (C=O) groups is 1. The first-order chi connectivity index (χ1) is 14.5. The maximum Gasteiger partial charge on any atom is 0.254 e. The van der Waals surface area contributed by atoms with E-state index in [1.807, 2.05) is 0 Å². The highest BCUT2D eigenvalue weighted by atomic mass is 19.2. The summed E-state index contributed by atoms with van der Waals surface area (Å²) in [6.07, 6.45) is 1.36. The fraction of sp³-hybridized carbons (Fsp3) is 0.286. The second-order valence-electron chi connectivity index (χ2n) is 6.81. The van der Waals surface area contributed by atoms with Crippen LogP contribution in [0.3, 0.4) is 0 Å². The van der Waals surface area contributed by atoms with E-state index in [2.05, 4.69) is 10.1 Å². The third-order valence-corrected chi connectivity index (χ3v) is 5.05. The molecule has 1 saturated heterocycles. The zero-order chi connectivity index (χ0) is 21.3. The van der Waals surface area contributed by atoms with Crippen LogP contribution in [0.4, 0.5) is 8.78 Å². The molecule has 156 valence electrons. The number of amides is 1. The number of ether oxygens (including phenoxy) is 2.